The van der Waals surface area contributed by atoms with Gasteiger partial charge in [0.15, 0.2) is 0 Å². The molecule has 2 heterocycles. The number of benzene rings is 1. The number of carbonyl (C=O) groups excluding carboxylic acids is 1. The highest BCUT2D eigenvalue weighted by Gasteiger charge is 2.44. The summed E-state index contributed by atoms with van der Waals surface area (Å²) in [4.78, 5) is 14.7. The summed E-state index contributed by atoms with van der Waals surface area (Å²) < 4.78 is 13.1. The van der Waals surface area contributed by atoms with E-state index >= 15 is 0 Å². The normalized spacial score (nSPS) is 25.6. The van der Waals surface area contributed by atoms with Gasteiger partial charge in [0, 0.05) is 31.5 Å². The van der Waals surface area contributed by atoms with Crippen LogP contribution in [0, 0.1) is 11.8 Å². The minimum absolute atomic E-state index is 0.0205. The topological polar surface area (TPSA) is 50.8 Å². The molecule has 5 rings (SSSR count). The summed E-state index contributed by atoms with van der Waals surface area (Å²) in [5.41, 5.74) is 2.89. The van der Waals surface area contributed by atoms with Gasteiger partial charge in [0.05, 0.1) is 18.6 Å². The largest absolute Gasteiger partial charge is 0.487 e. The summed E-state index contributed by atoms with van der Waals surface area (Å²) in [6.07, 6.45) is 13.2. The van der Waals surface area contributed by atoms with Crippen LogP contribution in [0.4, 0.5) is 0 Å². The van der Waals surface area contributed by atoms with Crippen molar-refractivity contribution >= 4 is 11.5 Å². The van der Waals surface area contributed by atoms with E-state index < -0.39 is 0 Å². The number of nitrogens with one attached hydrogen (secondary N) is 1. The number of nitrogens with zero attached hydrogens (tertiary/aromatic N) is 1. The molecule has 5 nitrogen and oxygen atoms in total. The minimum Gasteiger partial charge on any atom is -0.487 e. The SMILES string of the molecule is CCN(CC)C(=O)c1ccc(C2=CC3(CCNCC3)OC3=CC=CC(OCC4CC4)C32)cc1. The van der Waals surface area contributed by atoms with Crippen molar-refractivity contribution in [2.24, 2.45) is 11.8 Å². The molecular weight excluding hydrogens is 412 g/mol. The first-order chi connectivity index (χ1) is 16.1. The molecule has 176 valence electrons. The van der Waals surface area contributed by atoms with Gasteiger partial charge in [-0.25, -0.2) is 0 Å². The van der Waals surface area contributed by atoms with Crippen molar-refractivity contribution in [2.75, 3.05) is 32.8 Å². The summed E-state index contributed by atoms with van der Waals surface area (Å²) in [5.74, 6) is 1.87. The molecule has 4 aliphatic rings. The maximum atomic E-state index is 12.8. The highest BCUT2D eigenvalue weighted by atomic mass is 16.5. The minimum atomic E-state index is -0.273. The molecule has 1 saturated carbocycles. The van der Waals surface area contributed by atoms with Gasteiger partial charge in [-0.3, -0.25) is 4.79 Å². The highest BCUT2D eigenvalue weighted by Crippen LogP contribution is 2.47. The van der Waals surface area contributed by atoms with Crippen LogP contribution >= 0.6 is 0 Å². The number of carbonyl (C=O) groups is 1. The van der Waals surface area contributed by atoms with Crippen molar-refractivity contribution in [1.29, 1.82) is 0 Å². The first kappa shape index (κ1) is 22.4. The molecule has 2 aliphatic heterocycles. The van der Waals surface area contributed by atoms with E-state index in [4.69, 9.17) is 9.47 Å². The lowest BCUT2D eigenvalue weighted by Crippen LogP contribution is -2.47. The maximum Gasteiger partial charge on any atom is 0.253 e. The Balaban J connectivity index is 1.48. The van der Waals surface area contributed by atoms with Gasteiger partial charge in [0.25, 0.3) is 5.91 Å². The van der Waals surface area contributed by atoms with E-state index in [1.807, 2.05) is 30.9 Å². The Labute approximate surface area is 197 Å². The molecule has 1 amide bonds. The van der Waals surface area contributed by atoms with E-state index in [-0.39, 0.29) is 23.5 Å². The predicted octanol–water partition coefficient (Wildman–Crippen LogP) is 4.57. The fourth-order valence-electron chi connectivity index (χ4n) is 5.24. The molecule has 1 aromatic rings. The second kappa shape index (κ2) is 9.47. The van der Waals surface area contributed by atoms with Gasteiger partial charge in [-0.15, -0.1) is 0 Å². The van der Waals surface area contributed by atoms with Gasteiger partial charge in [0.1, 0.15) is 11.4 Å². The number of rotatable bonds is 7. The van der Waals surface area contributed by atoms with Gasteiger partial charge in [0.2, 0.25) is 0 Å². The molecule has 1 aromatic carbocycles. The Morgan fingerprint density at radius 2 is 1.88 bits per heavy atom. The zero-order chi connectivity index (χ0) is 22.8. The third-order valence-electron chi connectivity index (χ3n) is 7.46. The zero-order valence-electron chi connectivity index (χ0n) is 19.9. The van der Waals surface area contributed by atoms with Crippen LogP contribution in [-0.4, -0.2) is 55.3 Å². The van der Waals surface area contributed by atoms with E-state index in [1.165, 1.54) is 18.4 Å². The molecule has 33 heavy (non-hydrogen) atoms. The fraction of sp³-hybridized carbons (Fsp3) is 0.536. The molecule has 0 aromatic heterocycles. The number of hydrogen-bond acceptors (Lipinski definition) is 4. The fourth-order valence-corrected chi connectivity index (χ4v) is 5.24. The second-order valence-corrected chi connectivity index (χ2v) is 9.74. The molecule has 2 atom stereocenters. The molecule has 1 spiro atoms. The van der Waals surface area contributed by atoms with Crippen LogP contribution in [-0.2, 0) is 9.47 Å². The summed E-state index contributed by atoms with van der Waals surface area (Å²) in [7, 11) is 0. The van der Waals surface area contributed by atoms with Crippen LogP contribution in [0.2, 0.25) is 0 Å². The molecule has 0 bridgehead atoms. The van der Waals surface area contributed by atoms with Gasteiger partial charge < -0.3 is 19.7 Å². The van der Waals surface area contributed by atoms with Crippen LogP contribution in [0.15, 0.2) is 54.3 Å². The van der Waals surface area contributed by atoms with Gasteiger partial charge in [-0.05, 0) is 81.1 Å². The van der Waals surface area contributed by atoms with E-state index in [0.29, 0.717) is 5.92 Å². The van der Waals surface area contributed by atoms with Gasteiger partial charge >= 0.3 is 0 Å². The number of fused-ring (bicyclic) bond motifs is 1. The van der Waals surface area contributed by atoms with Crippen LogP contribution in [0.5, 0.6) is 0 Å². The first-order valence-corrected chi connectivity index (χ1v) is 12.6. The highest BCUT2D eigenvalue weighted by molar-refractivity contribution is 5.94. The average molecular weight is 449 g/mol. The smallest absolute Gasteiger partial charge is 0.253 e. The van der Waals surface area contributed by atoms with Crippen molar-refractivity contribution in [1.82, 2.24) is 10.2 Å². The van der Waals surface area contributed by atoms with Crippen molar-refractivity contribution in [3.8, 4) is 0 Å². The third-order valence-corrected chi connectivity index (χ3v) is 7.46. The van der Waals surface area contributed by atoms with Crippen molar-refractivity contribution < 1.29 is 14.3 Å². The number of amides is 1. The second-order valence-electron chi connectivity index (χ2n) is 9.74. The van der Waals surface area contributed by atoms with E-state index in [9.17, 15) is 4.79 Å². The molecule has 2 unspecified atom stereocenters. The Kier molecular flexibility index (Phi) is 6.44. The van der Waals surface area contributed by atoms with Crippen LogP contribution < -0.4 is 5.32 Å². The molecule has 2 fully saturated rings. The average Bonchev–Trinajstić information content (AvgIpc) is 3.68. The van der Waals surface area contributed by atoms with Crippen LogP contribution in [0.1, 0.15) is 55.5 Å². The summed E-state index contributed by atoms with van der Waals surface area (Å²) in [5, 5.41) is 3.46. The Hall–Kier alpha value is -2.37. The number of hydrogen-bond donors (Lipinski definition) is 1. The van der Waals surface area contributed by atoms with E-state index in [1.54, 1.807) is 0 Å². The van der Waals surface area contributed by atoms with Crippen LogP contribution in [0.25, 0.3) is 5.57 Å². The maximum absolute atomic E-state index is 12.8. The summed E-state index contributed by atoms with van der Waals surface area (Å²) in [6.45, 7) is 8.21. The predicted molar refractivity (Wildman–Crippen MR) is 131 cm³/mol. The standard InChI is InChI=1S/C28H36N2O3/c1-3-30(4-2)27(31)22-12-10-21(11-13-22)23-18-28(14-16-29-17-15-28)33-25-7-5-6-24(26(23)25)32-19-20-8-9-20/h5-7,10-13,18,20,24,26,29H,3-4,8-9,14-17,19H2,1-2H3. The molecular formula is C28H36N2O3. The van der Waals surface area contributed by atoms with Crippen molar-refractivity contribution in [3.63, 3.8) is 0 Å². The molecule has 1 N–H and O–H groups in total. The monoisotopic (exact) mass is 448 g/mol. The van der Waals surface area contributed by atoms with Crippen molar-refractivity contribution in [2.45, 2.75) is 51.2 Å². The third kappa shape index (κ3) is 4.67. The van der Waals surface area contributed by atoms with Gasteiger partial charge in [-0.2, -0.15) is 0 Å². The number of piperidine rings is 1. The lowest BCUT2D eigenvalue weighted by molar-refractivity contribution is -0.0245. The van der Waals surface area contributed by atoms with Crippen LogP contribution in [0.3, 0.4) is 0 Å². The Morgan fingerprint density at radius 3 is 2.55 bits per heavy atom. The quantitative estimate of drug-likeness (QED) is 0.664. The Bertz CT molecular complexity index is 948. The molecule has 2 aliphatic carbocycles. The molecule has 0 radical (unpaired) electrons. The molecule has 5 heteroatoms. The van der Waals surface area contributed by atoms with E-state index in [2.05, 4.69) is 41.8 Å². The molecule has 1 saturated heterocycles. The van der Waals surface area contributed by atoms with Crippen molar-refractivity contribution in [3.05, 3.63) is 65.5 Å². The first-order valence-electron chi connectivity index (χ1n) is 12.6. The summed E-state index contributed by atoms with van der Waals surface area (Å²) >= 11 is 0. The lowest BCUT2D eigenvalue weighted by Gasteiger charge is -2.45. The van der Waals surface area contributed by atoms with Gasteiger partial charge in [-0.1, -0.05) is 24.3 Å². The lowest BCUT2D eigenvalue weighted by atomic mass is 9.76. The van der Waals surface area contributed by atoms with E-state index in [0.717, 1.165) is 62.5 Å². The summed E-state index contributed by atoms with van der Waals surface area (Å²) in [6, 6.07) is 8.17. The Morgan fingerprint density at radius 1 is 1.15 bits per heavy atom. The zero-order valence-corrected chi connectivity index (χ0v) is 19.9. The number of allylic oxidation sites excluding steroid dienone is 2. The number of ether oxygens (including phenoxy) is 2.